The van der Waals surface area contributed by atoms with Crippen LogP contribution in [0.5, 0.6) is 0 Å². The topological polar surface area (TPSA) is 29.1 Å². The van der Waals surface area contributed by atoms with Gasteiger partial charge in [0.25, 0.3) is 0 Å². The molecule has 0 radical (unpaired) electrons. The molecule has 2 atom stereocenters. The van der Waals surface area contributed by atoms with Crippen molar-refractivity contribution in [2.24, 2.45) is 5.92 Å². The molecule has 2 nitrogen and oxygen atoms in total. The summed E-state index contributed by atoms with van der Waals surface area (Å²) in [5.74, 6) is 0.557. The number of carbonyl (C=O) groups excluding carboxylic acids is 1. The maximum absolute atomic E-state index is 12.3. The Morgan fingerprint density at radius 2 is 2.06 bits per heavy atom. The second kappa shape index (κ2) is 4.43. The molecule has 2 unspecified atom stereocenters. The molecule has 4 heteroatoms. The third-order valence-electron chi connectivity index (χ3n) is 4.42. The van der Waals surface area contributed by atoms with Crippen molar-refractivity contribution in [1.29, 1.82) is 0 Å². The highest BCUT2D eigenvalue weighted by molar-refractivity contribution is 6.42. The van der Waals surface area contributed by atoms with Crippen molar-refractivity contribution in [3.8, 4) is 0 Å². The van der Waals surface area contributed by atoms with Crippen LogP contribution in [0.25, 0.3) is 0 Å². The molecule has 2 aliphatic rings. The summed E-state index contributed by atoms with van der Waals surface area (Å²) < 4.78 is 0. The van der Waals surface area contributed by atoms with Crippen LogP contribution in [-0.2, 0) is 10.2 Å². The fourth-order valence-corrected chi connectivity index (χ4v) is 3.78. The van der Waals surface area contributed by atoms with Crippen LogP contribution in [0.15, 0.2) is 18.2 Å². The molecule has 1 aromatic carbocycles. The standard InChI is InChI=1S/C14H15Cl2NO/c15-11-5-4-9(7-12(11)16)14-6-2-1-3-10(14)8-17-13(14)18/h4-5,7,10H,1-3,6,8H2,(H,17,18). The van der Waals surface area contributed by atoms with Crippen LogP contribution < -0.4 is 5.32 Å². The minimum Gasteiger partial charge on any atom is -0.355 e. The molecule has 1 aliphatic heterocycles. The lowest BCUT2D eigenvalue weighted by Crippen LogP contribution is -2.41. The maximum atomic E-state index is 12.3. The Morgan fingerprint density at radius 3 is 2.83 bits per heavy atom. The second-order valence-electron chi connectivity index (χ2n) is 5.25. The van der Waals surface area contributed by atoms with Gasteiger partial charge in [0.1, 0.15) is 0 Å². The van der Waals surface area contributed by atoms with E-state index in [2.05, 4.69) is 5.32 Å². The van der Waals surface area contributed by atoms with Gasteiger partial charge in [-0.25, -0.2) is 0 Å². The number of amides is 1. The van der Waals surface area contributed by atoms with E-state index >= 15 is 0 Å². The van der Waals surface area contributed by atoms with Crippen molar-refractivity contribution in [2.45, 2.75) is 31.1 Å². The number of carbonyl (C=O) groups is 1. The van der Waals surface area contributed by atoms with Crippen molar-refractivity contribution >= 4 is 29.1 Å². The van der Waals surface area contributed by atoms with Gasteiger partial charge < -0.3 is 5.32 Å². The van der Waals surface area contributed by atoms with E-state index in [-0.39, 0.29) is 11.3 Å². The van der Waals surface area contributed by atoms with Crippen molar-refractivity contribution in [3.63, 3.8) is 0 Å². The van der Waals surface area contributed by atoms with E-state index in [1.165, 1.54) is 6.42 Å². The lowest BCUT2D eigenvalue weighted by Gasteiger charge is -2.37. The third-order valence-corrected chi connectivity index (χ3v) is 5.16. The first-order valence-corrected chi connectivity index (χ1v) is 7.14. The maximum Gasteiger partial charge on any atom is 0.231 e. The van der Waals surface area contributed by atoms with Gasteiger partial charge >= 0.3 is 0 Å². The molecule has 3 rings (SSSR count). The van der Waals surface area contributed by atoms with E-state index < -0.39 is 0 Å². The van der Waals surface area contributed by atoms with Gasteiger partial charge in [-0.15, -0.1) is 0 Å². The number of fused-ring (bicyclic) bond motifs is 1. The van der Waals surface area contributed by atoms with E-state index in [0.717, 1.165) is 31.4 Å². The zero-order chi connectivity index (χ0) is 12.8. The Labute approximate surface area is 117 Å². The molecule has 18 heavy (non-hydrogen) atoms. The Bertz CT molecular complexity index is 503. The summed E-state index contributed by atoms with van der Waals surface area (Å²) >= 11 is 12.1. The fraction of sp³-hybridized carbons (Fsp3) is 0.500. The molecule has 1 aromatic rings. The summed E-state index contributed by atoms with van der Waals surface area (Å²) in [5, 5.41) is 4.10. The van der Waals surface area contributed by atoms with Crippen LogP contribution >= 0.6 is 23.2 Å². The molecule has 0 spiro atoms. The van der Waals surface area contributed by atoms with Crippen LogP contribution in [0.4, 0.5) is 0 Å². The Hall–Kier alpha value is -0.730. The number of benzene rings is 1. The number of halogens is 2. The number of hydrogen-bond acceptors (Lipinski definition) is 1. The van der Waals surface area contributed by atoms with Gasteiger partial charge in [0.05, 0.1) is 15.5 Å². The summed E-state index contributed by atoms with van der Waals surface area (Å²) in [6.07, 6.45) is 4.34. The number of nitrogens with one attached hydrogen (secondary N) is 1. The minimum atomic E-state index is -0.369. The van der Waals surface area contributed by atoms with Crippen LogP contribution in [0.2, 0.25) is 10.0 Å². The smallest absolute Gasteiger partial charge is 0.231 e. The van der Waals surface area contributed by atoms with Crippen molar-refractivity contribution < 1.29 is 4.79 Å². The van der Waals surface area contributed by atoms with Gasteiger partial charge in [0, 0.05) is 6.54 Å². The molecular weight excluding hydrogens is 269 g/mol. The minimum absolute atomic E-state index is 0.158. The fourth-order valence-electron chi connectivity index (χ4n) is 3.48. The molecule has 1 saturated heterocycles. The van der Waals surface area contributed by atoms with Crippen LogP contribution in [0.3, 0.4) is 0 Å². The molecule has 96 valence electrons. The average molecular weight is 284 g/mol. The van der Waals surface area contributed by atoms with Gasteiger partial charge in [-0.05, 0) is 36.5 Å². The highest BCUT2D eigenvalue weighted by atomic mass is 35.5. The van der Waals surface area contributed by atoms with Crippen molar-refractivity contribution in [3.05, 3.63) is 33.8 Å². The molecule has 2 fully saturated rings. The first kappa shape index (κ1) is 12.3. The molecule has 0 aromatic heterocycles. The Morgan fingerprint density at radius 1 is 1.22 bits per heavy atom. The normalized spacial score (nSPS) is 31.0. The monoisotopic (exact) mass is 283 g/mol. The largest absolute Gasteiger partial charge is 0.355 e. The summed E-state index contributed by atoms with van der Waals surface area (Å²) in [4.78, 5) is 12.3. The second-order valence-corrected chi connectivity index (χ2v) is 6.07. The average Bonchev–Trinajstić information content (AvgIpc) is 2.72. The molecule has 1 aliphatic carbocycles. The quantitative estimate of drug-likeness (QED) is 0.839. The highest BCUT2D eigenvalue weighted by Gasteiger charge is 2.52. The van der Waals surface area contributed by atoms with Gasteiger partial charge in [-0.2, -0.15) is 0 Å². The van der Waals surface area contributed by atoms with Gasteiger partial charge in [-0.3, -0.25) is 4.79 Å². The molecule has 1 heterocycles. The Kier molecular flexibility index (Phi) is 3.03. The predicted octanol–water partition coefficient (Wildman–Crippen LogP) is 3.55. The summed E-state index contributed by atoms with van der Waals surface area (Å²) in [6.45, 7) is 0.791. The Balaban J connectivity index is 2.10. The van der Waals surface area contributed by atoms with Crippen LogP contribution in [0.1, 0.15) is 31.2 Å². The zero-order valence-electron chi connectivity index (χ0n) is 10.0. The number of hydrogen-bond donors (Lipinski definition) is 1. The molecule has 1 saturated carbocycles. The van der Waals surface area contributed by atoms with Crippen LogP contribution in [-0.4, -0.2) is 12.5 Å². The molecule has 0 bridgehead atoms. The SMILES string of the molecule is O=C1NCC2CCCCC12c1ccc(Cl)c(Cl)c1. The van der Waals surface area contributed by atoms with E-state index in [0.29, 0.717) is 16.0 Å². The van der Waals surface area contributed by atoms with Crippen molar-refractivity contribution in [1.82, 2.24) is 5.32 Å². The predicted molar refractivity (Wildman–Crippen MR) is 73.1 cm³/mol. The lowest BCUT2D eigenvalue weighted by molar-refractivity contribution is -0.125. The lowest BCUT2D eigenvalue weighted by atomic mass is 9.64. The summed E-state index contributed by atoms with van der Waals surface area (Å²) in [5.41, 5.74) is 0.656. The van der Waals surface area contributed by atoms with Gasteiger partial charge in [-0.1, -0.05) is 42.1 Å². The first-order valence-electron chi connectivity index (χ1n) is 6.38. The zero-order valence-corrected chi connectivity index (χ0v) is 11.5. The van der Waals surface area contributed by atoms with E-state index in [1.54, 1.807) is 6.07 Å². The van der Waals surface area contributed by atoms with Gasteiger partial charge in [0.2, 0.25) is 5.91 Å². The third kappa shape index (κ3) is 1.66. The van der Waals surface area contributed by atoms with Gasteiger partial charge in [0.15, 0.2) is 0 Å². The summed E-state index contributed by atoms with van der Waals surface area (Å²) in [6, 6.07) is 5.62. The van der Waals surface area contributed by atoms with Crippen molar-refractivity contribution in [2.75, 3.05) is 6.54 Å². The highest BCUT2D eigenvalue weighted by Crippen LogP contribution is 2.47. The molecule has 1 N–H and O–H groups in total. The molecular formula is C14H15Cl2NO. The van der Waals surface area contributed by atoms with Crippen LogP contribution in [0, 0.1) is 5.92 Å². The van der Waals surface area contributed by atoms with E-state index in [4.69, 9.17) is 23.2 Å². The first-order chi connectivity index (χ1) is 8.64. The summed E-state index contributed by atoms with van der Waals surface area (Å²) in [7, 11) is 0. The van der Waals surface area contributed by atoms with E-state index in [1.807, 2.05) is 12.1 Å². The number of rotatable bonds is 1. The molecule has 1 amide bonds. The van der Waals surface area contributed by atoms with E-state index in [9.17, 15) is 4.79 Å².